The van der Waals surface area contributed by atoms with E-state index in [1.807, 2.05) is 0 Å². The molecule has 0 aliphatic carbocycles. The second-order valence-corrected chi connectivity index (χ2v) is 5.93. The SMILES string of the molecule is CCCCCCCC(CN)N(C)Cc1ccccc1C. The molecule has 0 aliphatic rings. The molecule has 0 heterocycles. The predicted octanol–water partition coefficient (Wildman–Crippen LogP) is 4.11. The Bertz CT molecular complexity index is 362. The van der Waals surface area contributed by atoms with Crippen LogP contribution in [-0.4, -0.2) is 24.5 Å². The Hall–Kier alpha value is -0.860. The molecular weight excluding hydrogens is 244 g/mol. The van der Waals surface area contributed by atoms with Gasteiger partial charge in [-0.25, -0.2) is 0 Å². The number of aryl methyl sites for hydroxylation is 1. The summed E-state index contributed by atoms with van der Waals surface area (Å²) in [4.78, 5) is 2.42. The molecule has 0 bridgehead atoms. The number of nitrogens with zero attached hydrogens (tertiary/aromatic N) is 1. The molecule has 0 spiro atoms. The Morgan fingerprint density at radius 3 is 2.45 bits per heavy atom. The third-order valence-corrected chi connectivity index (χ3v) is 4.22. The first-order valence-corrected chi connectivity index (χ1v) is 8.13. The summed E-state index contributed by atoms with van der Waals surface area (Å²) in [6.45, 7) is 6.21. The van der Waals surface area contributed by atoms with E-state index in [-0.39, 0.29) is 0 Å². The van der Waals surface area contributed by atoms with Crippen molar-refractivity contribution < 1.29 is 0 Å². The van der Waals surface area contributed by atoms with Crippen molar-refractivity contribution in [3.63, 3.8) is 0 Å². The molecule has 0 amide bonds. The van der Waals surface area contributed by atoms with Gasteiger partial charge < -0.3 is 5.73 Å². The predicted molar refractivity (Wildman–Crippen MR) is 88.9 cm³/mol. The molecule has 0 saturated heterocycles. The minimum atomic E-state index is 0.510. The second-order valence-electron chi connectivity index (χ2n) is 5.93. The molecular formula is C18H32N2. The fourth-order valence-corrected chi connectivity index (χ4v) is 2.69. The summed E-state index contributed by atoms with van der Waals surface area (Å²) in [6, 6.07) is 9.15. The monoisotopic (exact) mass is 276 g/mol. The topological polar surface area (TPSA) is 29.3 Å². The van der Waals surface area contributed by atoms with Crippen molar-refractivity contribution >= 4 is 0 Å². The van der Waals surface area contributed by atoms with E-state index in [2.05, 4.69) is 50.1 Å². The average molecular weight is 276 g/mol. The lowest BCUT2D eigenvalue weighted by Crippen LogP contribution is -2.37. The minimum Gasteiger partial charge on any atom is -0.329 e. The summed E-state index contributed by atoms with van der Waals surface area (Å²) in [5.41, 5.74) is 8.75. The number of benzene rings is 1. The van der Waals surface area contributed by atoms with Gasteiger partial charge in [0.2, 0.25) is 0 Å². The van der Waals surface area contributed by atoms with E-state index in [9.17, 15) is 0 Å². The van der Waals surface area contributed by atoms with Crippen molar-refractivity contribution in [1.29, 1.82) is 0 Å². The van der Waals surface area contributed by atoms with Gasteiger partial charge in [0, 0.05) is 19.1 Å². The summed E-state index contributed by atoms with van der Waals surface area (Å²) in [5.74, 6) is 0. The van der Waals surface area contributed by atoms with Crippen LogP contribution in [0.5, 0.6) is 0 Å². The van der Waals surface area contributed by atoms with Gasteiger partial charge in [0.25, 0.3) is 0 Å². The molecule has 1 atom stereocenters. The molecule has 1 rings (SSSR count). The van der Waals surface area contributed by atoms with Gasteiger partial charge in [-0.3, -0.25) is 4.90 Å². The van der Waals surface area contributed by atoms with Crippen molar-refractivity contribution in [2.75, 3.05) is 13.6 Å². The number of nitrogens with two attached hydrogens (primary N) is 1. The van der Waals surface area contributed by atoms with E-state index in [0.29, 0.717) is 6.04 Å². The van der Waals surface area contributed by atoms with Crippen LogP contribution in [0, 0.1) is 6.92 Å². The van der Waals surface area contributed by atoms with Crippen LogP contribution in [0.3, 0.4) is 0 Å². The van der Waals surface area contributed by atoms with Crippen LogP contribution in [0.1, 0.15) is 56.6 Å². The van der Waals surface area contributed by atoms with Crippen LogP contribution in [0.2, 0.25) is 0 Å². The molecule has 0 fully saturated rings. The molecule has 1 aromatic rings. The van der Waals surface area contributed by atoms with Crippen LogP contribution >= 0.6 is 0 Å². The number of rotatable bonds is 10. The third-order valence-electron chi connectivity index (χ3n) is 4.22. The molecule has 0 saturated carbocycles. The molecule has 20 heavy (non-hydrogen) atoms. The zero-order valence-corrected chi connectivity index (χ0v) is 13.6. The van der Waals surface area contributed by atoms with Crippen LogP contribution in [0.15, 0.2) is 24.3 Å². The molecule has 1 aromatic carbocycles. The maximum atomic E-state index is 5.96. The highest BCUT2D eigenvalue weighted by molar-refractivity contribution is 5.25. The lowest BCUT2D eigenvalue weighted by atomic mass is 10.0. The van der Waals surface area contributed by atoms with Gasteiger partial charge in [-0.1, -0.05) is 63.3 Å². The summed E-state index contributed by atoms with van der Waals surface area (Å²) >= 11 is 0. The molecule has 2 N–H and O–H groups in total. The number of hydrogen-bond acceptors (Lipinski definition) is 2. The number of unbranched alkanes of at least 4 members (excludes halogenated alkanes) is 4. The molecule has 0 aromatic heterocycles. The zero-order chi connectivity index (χ0) is 14.8. The van der Waals surface area contributed by atoms with E-state index in [4.69, 9.17) is 5.73 Å². The highest BCUT2D eigenvalue weighted by atomic mass is 15.1. The number of hydrogen-bond donors (Lipinski definition) is 1. The second kappa shape index (κ2) is 9.95. The van der Waals surface area contributed by atoms with Crippen LogP contribution in [-0.2, 0) is 6.54 Å². The first kappa shape index (κ1) is 17.2. The van der Waals surface area contributed by atoms with Crippen molar-refractivity contribution in [2.45, 2.75) is 65.0 Å². The lowest BCUT2D eigenvalue weighted by molar-refractivity contribution is 0.222. The van der Waals surface area contributed by atoms with Crippen LogP contribution in [0.4, 0.5) is 0 Å². The Balaban J connectivity index is 2.38. The molecule has 2 nitrogen and oxygen atoms in total. The third kappa shape index (κ3) is 6.06. The Kier molecular flexibility index (Phi) is 8.56. The average Bonchev–Trinajstić information content (AvgIpc) is 2.45. The Morgan fingerprint density at radius 2 is 1.80 bits per heavy atom. The smallest absolute Gasteiger partial charge is 0.0236 e. The fourth-order valence-electron chi connectivity index (χ4n) is 2.69. The quantitative estimate of drug-likeness (QED) is 0.651. The molecule has 114 valence electrons. The molecule has 0 aliphatic heterocycles. The van der Waals surface area contributed by atoms with Gasteiger partial charge in [0.05, 0.1) is 0 Å². The maximum absolute atomic E-state index is 5.96. The van der Waals surface area contributed by atoms with Crippen molar-refractivity contribution in [1.82, 2.24) is 4.90 Å². The minimum absolute atomic E-state index is 0.510. The number of likely N-dealkylation sites (N-methyl/N-ethyl adjacent to an activating group) is 1. The maximum Gasteiger partial charge on any atom is 0.0236 e. The largest absolute Gasteiger partial charge is 0.329 e. The van der Waals surface area contributed by atoms with Gasteiger partial charge in [-0.05, 0) is 31.5 Å². The Labute approximate surface area is 125 Å². The Morgan fingerprint density at radius 1 is 1.10 bits per heavy atom. The van der Waals surface area contributed by atoms with Gasteiger partial charge in [-0.2, -0.15) is 0 Å². The van der Waals surface area contributed by atoms with Crippen LogP contribution in [0.25, 0.3) is 0 Å². The summed E-state index contributed by atoms with van der Waals surface area (Å²) in [7, 11) is 2.20. The first-order chi connectivity index (χ1) is 9.69. The van der Waals surface area contributed by atoms with Crippen molar-refractivity contribution in [2.24, 2.45) is 5.73 Å². The summed E-state index contributed by atoms with van der Waals surface area (Å²) in [5, 5.41) is 0. The fraction of sp³-hybridized carbons (Fsp3) is 0.667. The molecule has 0 radical (unpaired) electrons. The van der Waals surface area contributed by atoms with Gasteiger partial charge in [0.15, 0.2) is 0 Å². The summed E-state index contributed by atoms with van der Waals surface area (Å²) in [6.07, 6.45) is 7.93. The van der Waals surface area contributed by atoms with E-state index < -0.39 is 0 Å². The van der Waals surface area contributed by atoms with E-state index in [1.165, 1.54) is 49.7 Å². The molecule has 1 unspecified atom stereocenters. The van der Waals surface area contributed by atoms with Gasteiger partial charge in [-0.15, -0.1) is 0 Å². The van der Waals surface area contributed by atoms with Crippen molar-refractivity contribution in [3.8, 4) is 0 Å². The molecule has 2 heteroatoms. The summed E-state index contributed by atoms with van der Waals surface area (Å²) < 4.78 is 0. The zero-order valence-electron chi connectivity index (χ0n) is 13.6. The highest BCUT2D eigenvalue weighted by Gasteiger charge is 2.13. The standard InChI is InChI=1S/C18H32N2/c1-4-5-6-7-8-13-18(14-19)20(3)15-17-12-10-9-11-16(17)2/h9-12,18H,4-8,13-15,19H2,1-3H3. The van der Waals surface area contributed by atoms with E-state index >= 15 is 0 Å². The normalized spacial score (nSPS) is 12.8. The highest BCUT2D eigenvalue weighted by Crippen LogP contribution is 2.15. The van der Waals surface area contributed by atoms with Gasteiger partial charge in [0.1, 0.15) is 0 Å². The van der Waals surface area contributed by atoms with Crippen LogP contribution < -0.4 is 5.73 Å². The lowest BCUT2D eigenvalue weighted by Gasteiger charge is -2.27. The van der Waals surface area contributed by atoms with E-state index in [1.54, 1.807) is 0 Å². The first-order valence-electron chi connectivity index (χ1n) is 8.13. The van der Waals surface area contributed by atoms with Crippen molar-refractivity contribution in [3.05, 3.63) is 35.4 Å². The van der Waals surface area contributed by atoms with E-state index in [0.717, 1.165) is 13.1 Å². The van der Waals surface area contributed by atoms with Gasteiger partial charge >= 0.3 is 0 Å².